The number of cyclic esters (lactones) is 2. The van der Waals surface area contributed by atoms with E-state index < -0.39 is 184 Å². The predicted molar refractivity (Wildman–Crippen MR) is 418 cm³/mol. The van der Waals surface area contributed by atoms with E-state index in [9.17, 15) is 50.4 Å². The van der Waals surface area contributed by atoms with E-state index in [1.54, 1.807) is 38.2 Å². The fourth-order valence-corrected chi connectivity index (χ4v) is 15.1. The molecule has 0 aromatic rings. The third kappa shape index (κ3) is 26.2. The van der Waals surface area contributed by atoms with Gasteiger partial charge in [0.2, 0.25) is 0 Å². The third-order valence-electron chi connectivity index (χ3n) is 21.8. The molecule has 0 saturated carbocycles. The number of carbonyl (C=O) groups is 2. The highest BCUT2D eigenvalue weighted by atomic mass is 16.8. The monoisotopic (exact) mass is 1560 g/mol. The van der Waals surface area contributed by atoms with Crippen molar-refractivity contribution in [1.82, 2.24) is 9.80 Å². The largest absolute Gasteiger partial charge is 0.458 e. The molecule has 0 bridgehead atoms. The second kappa shape index (κ2) is 46.3. The van der Waals surface area contributed by atoms with Crippen molar-refractivity contribution in [2.75, 3.05) is 69.8 Å². The summed E-state index contributed by atoms with van der Waals surface area (Å²) in [5.41, 5.74) is 5.36. The molecule has 0 aliphatic carbocycles. The topological polar surface area (TPSA) is 332 Å². The molecule has 26 nitrogen and oxygen atoms in total. The molecule has 26 heteroatoms. The first kappa shape index (κ1) is 96.0. The van der Waals surface area contributed by atoms with E-state index in [0.29, 0.717) is 25.7 Å². The van der Waals surface area contributed by atoms with E-state index in [1.807, 2.05) is 158 Å². The van der Waals surface area contributed by atoms with Gasteiger partial charge in [-0.1, -0.05) is 113 Å². The summed E-state index contributed by atoms with van der Waals surface area (Å²) in [6.45, 7) is 30.0. The Hall–Kier alpha value is -4.54. The minimum Gasteiger partial charge on any atom is -0.458 e. The average molecular weight is 1560 g/mol. The second-order valence-corrected chi connectivity index (χ2v) is 31.4. The van der Waals surface area contributed by atoms with Crippen molar-refractivity contribution in [3.63, 3.8) is 0 Å². The van der Waals surface area contributed by atoms with Gasteiger partial charge in [0.25, 0.3) is 0 Å². The molecular formula is C84H138N2O24. The van der Waals surface area contributed by atoms with Crippen molar-refractivity contribution in [3.8, 4) is 0 Å². The van der Waals surface area contributed by atoms with E-state index in [4.69, 9.17) is 66.3 Å². The number of methoxy groups -OCH3 is 4. The van der Waals surface area contributed by atoms with Crippen LogP contribution in [0.1, 0.15) is 149 Å². The Morgan fingerprint density at radius 1 is 0.445 bits per heavy atom. The molecular weight excluding hydrogens is 1420 g/mol. The maximum absolute atomic E-state index is 13.0. The molecule has 8 N–H and O–H groups in total. The molecule has 6 heterocycles. The van der Waals surface area contributed by atoms with E-state index in [0.717, 1.165) is 33.4 Å². The van der Waals surface area contributed by atoms with Crippen molar-refractivity contribution < 1.29 is 117 Å². The Kier molecular flexibility index (Phi) is 40.4. The SMILES string of the molecule is CC[C@@H]1/C=C(/C)[C@@H](O)C/C=C/C=C(\CO)C(=O)O[C@H](C(C)C)C/C=C(C)/C=C(\C)[C@@H]1OC1O[C@@H](C)[C@H](OC2O[C@H](C)[C@@H](OC)[C@H](O)[C@H]2OC)[C@@H](N(C)C)[C@@H]1O.CC[C@H]1/C=C(\C)[C@@H](O)C/C=C/C=C(\CO)C(=O)O[C@H](C(C)C)C/C=C(C)/C=C(\C)[C@@H]1O[C@@H]1O[C@H](C)[C@@H](O[C@@H]2O[C@H](C)[C@@H](OC)[C@H](O)[C@H]2OC)[C@H](N(C)C)[C@H]1O. The number of hydrogen-bond acceptors (Lipinski definition) is 26. The molecule has 0 aromatic heterocycles. The minimum absolute atomic E-state index is 0.0214. The van der Waals surface area contributed by atoms with E-state index >= 15 is 0 Å². The van der Waals surface area contributed by atoms with Gasteiger partial charge in [-0.05, 0) is 169 Å². The maximum Gasteiger partial charge on any atom is 0.336 e. The highest BCUT2D eigenvalue weighted by molar-refractivity contribution is 5.89. The van der Waals surface area contributed by atoms with Gasteiger partial charge in [-0.15, -0.1) is 0 Å². The van der Waals surface area contributed by atoms with Crippen molar-refractivity contribution in [2.24, 2.45) is 23.7 Å². The van der Waals surface area contributed by atoms with E-state index in [2.05, 4.69) is 13.8 Å². The lowest BCUT2D eigenvalue weighted by atomic mass is 9.89. The summed E-state index contributed by atoms with van der Waals surface area (Å²) < 4.78 is 85.7. The summed E-state index contributed by atoms with van der Waals surface area (Å²) >= 11 is 0. The van der Waals surface area contributed by atoms with Crippen LogP contribution in [-0.4, -0.2) is 292 Å². The summed E-state index contributed by atoms with van der Waals surface area (Å²) in [6, 6.07) is -1.20. The van der Waals surface area contributed by atoms with Gasteiger partial charge in [-0.3, -0.25) is 0 Å². The zero-order chi connectivity index (χ0) is 82.3. The third-order valence-corrected chi connectivity index (χ3v) is 21.8. The number of likely N-dealkylation sites (N-methyl/N-ethyl adjacent to an activating group) is 2. The number of ether oxygens (including phenoxy) is 14. The zero-order valence-electron chi connectivity index (χ0n) is 69.9. The summed E-state index contributed by atoms with van der Waals surface area (Å²) in [7, 11) is 13.4. The number of hydrogen-bond donors (Lipinski definition) is 8. The van der Waals surface area contributed by atoms with Gasteiger partial charge in [-0.2, -0.15) is 0 Å². The fourth-order valence-electron chi connectivity index (χ4n) is 15.1. The maximum atomic E-state index is 13.0. The van der Waals surface area contributed by atoms with Gasteiger partial charge >= 0.3 is 11.9 Å². The fraction of sp³-hybridized carbons (Fsp3) is 0.738. The number of rotatable bonds is 20. The summed E-state index contributed by atoms with van der Waals surface area (Å²) in [5, 5.41) is 88.0. The van der Waals surface area contributed by atoms with Crippen molar-refractivity contribution in [1.29, 1.82) is 0 Å². The standard InChI is InChI=1S/2C42H69NO12/c2*1-13-29-21-25(5)31(45)17-15-14-16-30(22-44)40(48)53-32(23(2)3)19-18-24(4)20-26(6)36(29)54-41-34(46)33(43(9)10)37(27(7)51-41)55-42-39(50-12)35(47)38(49-11)28(8)52-42/h2*14-16,18,20-21,23,27-29,31-39,41-42,44-47H,13,17,19,22H2,1-12H3/b15-14+,24-18+,25-21+,26-20+,30-16+;15-14+,24-18+,25-21-,26-20+,30-16+/t27-,28-,29+,31+,32+,33-,34-,35+,36+,37-,38-,39-,41+,42+;27-,28+,29+,31-,32-,33-,34-,35-,36-,37-,38+,39+,41?,42?/m10/s1. The molecule has 628 valence electrons. The highest BCUT2D eigenvalue weighted by Gasteiger charge is 2.54. The van der Waals surface area contributed by atoms with Crippen LogP contribution in [0.3, 0.4) is 0 Å². The Morgan fingerprint density at radius 2 is 0.764 bits per heavy atom. The number of esters is 2. The Bertz CT molecular complexity index is 2950. The summed E-state index contributed by atoms with van der Waals surface area (Å²) in [5.74, 6) is -1.54. The Balaban J connectivity index is 0.000000394. The van der Waals surface area contributed by atoms with Gasteiger partial charge in [-0.25, -0.2) is 9.59 Å². The van der Waals surface area contributed by atoms with E-state index in [1.165, 1.54) is 40.6 Å². The molecule has 4 fully saturated rings. The molecule has 0 spiro atoms. The van der Waals surface area contributed by atoms with Gasteiger partial charge in [0, 0.05) is 53.1 Å². The summed E-state index contributed by atoms with van der Waals surface area (Å²) in [4.78, 5) is 29.6. The van der Waals surface area contributed by atoms with Crippen molar-refractivity contribution >= 4 is 11.9 Å². The van der Waals surface area contributed by atoms with Crippen LogP contribution in [0.5, 0.6) is 0 Å². The lowest BCUT2D eigenvalue weighted by molar-refractivity contribution is -0.351. The molecule has 0 radical (unpaired) electrons. The van der Waals surface area contributed by atoms with Gasteiger partial charge < -0.3 is 117 Å². The molecule has 4 saturated heterocycles. The summed E-state index contributed by atoms with van der Waals surface area (Å²) in [6.07, 6.45) is 6.34. The second-order valence-electron chi connectivity index (χ2n) is 31.4. The number of carbonyl (C=O) groups excluding carboxylic acids is 2. The lowest BCUT2D eigenvalue weighted by Crippen LogP contribution is -2.66. The Morgan fingerprint density at radius 3 is 1.05 bits per heavy atom. The first-order valence-corrected chi connectivity index (χ1v) is 39.2. The van der Waals surface area contributed by atoms with Gasteiger partial charge in [0.1, 0.15) is 73.2 Å². The minimum atomic E-state index is -1.16. The molecule has 0 aromatic carbocycles. The molecule has 6 rings (SSSR count). The average Bonchev–Trinajstić information content (AvgIpc) is 0.778. The van der Waals surface area contributed by atoms with Crippen LogP contribution in [0.15, 0.2) is 117 Å². The van der Waals surface area contributed by atoms with Gasteiger partial charge in [0.15, 0.2) is 25.2 Å². The van der Waals surface area contributed by atoms with Crippen LogP contribution < -0.4 is 0 Å². The lowest BCUT2D eigenvalue weighted by Gasteiger charge is -2.50. The smallest absolute Gasteiger partial charge is 0.336 e. The molecule has 6 aliphatic heterocycles. The number of allylic oxidation sites excluding steroid dienone is 8. The van der Waals surface area contributed by atoms with Crippen LogP contribution in [-0.2, 0) is 75.9 Å². The predicted octanol–water partition coefficient (Wildman–Crippen LogP) is 7.98. The van der Waals surface area contributed by atoms with Crippen molar-refractivity contribution in [3.05, 3.63) is 117 Å². The number of nitrogens with zero attached hydrogens (tertiary/aromatic N) is 2. The van der Waals surface area contributed by atoms with Crippen LogP contribution in [0.2, 0.25) is 0 Å². The van der Waals surface area contributed by atoms with Crippen LogP contribution in [0, 0.1) is 23.7 Å². The Labute approximate surface area is 655 Å². The first-order valence-electron chi connectivity index (χ1n) is 39.2. The van der Waals surface area contributed by atoms with Crippen LogP contribution >= 0.6 is 0 Å². The molecule has 0 amide bonds. The number of aliphatic hydroxyl groups is 8. The highest BCUT2D eigenvalue weighted by Crippen LogP contribution is 2.39. The first-order chi connectivity index (χ1) is 52.0. The van der Waals surface area contributed by atoms with E-state index in [-0.39, 0.29) is 47.7 Å². The van der Waals surface area contributed by atoms with Crippen LogP contribution in [0.25, 0.3) is 0 Å². The quantitative estimate of drug-likeness (QED) is 0.0423. The molecule has 6 aliphatic rings. The van der Waals surface area contributed by atoms with Crippen molar-refractivity contribution in [2.45, 2.75) is 309 Å². The van der Waals surface area contributed by atoms with Crippen LogP contribution in [0.4, 0.5) is 0 Å². The molecule has 110 heavy (non-hydrogen) atoms. The molecule has 28 atom stereocenters. The molecule has 2 unspecified atom stereocenters. The normalized spacial score (nSPS) is 42.1. The van der Waals surface area contributed by atoms with Gasteiger partial charge in [0.05, 0.1) is 85.3 Å². The number of aliphatic hydroxyl groups excluding tert-OH is 8. The zero-order valence-corrected chi connectivity index (χ0v) is 69.9.